The van der Waals surface area contributed by atoms with Crippen molar-refractivity contribution in [2.75, 3.05) is 31.6 Å². The minimum Gasteiger partial charge on any atom is -0.355 e. The quantitative estimate of drug-likeness (QED) is 0.153. The molecule has 1 amide bonds. The molecule has 0 unspecified atom stereocenters. The van der Waals surface area contributed by atoms with Crippen LogP contribution in [0, 0.1) is 0 Å². The van der Waals surface area contributed by atoms with Gasteiger partial charge in [-0.1, -0.05) is 88.7 Å². The van der Waals surface area contributed by atoms with E-state index in [1.807, 2.05) is 0 Å². The third-order valence-electron chi connectivity index (χ3n) is 8.76. The van der Waals surface area contributed by atoms with Crippen LogP contribution >= 0.6 is 0 Å². The van der Waals surface area contributed by atoms with Crippen molar-refractivity contribution in [2.45, 2.75) is 84.1 Å². The van der Waals surface area contributed by atoms with Crippen molar-refractivity contribution in [1.82, 2.24) is 10.6 Å². The van der Waals surface area contributed by atoms with Crippen LogP contribution in [0.3, 0.4) is 0 Å². The second-order valence-electron chi connectivity index (χ2n) is 12.9. The van der Waals surface area contributed by atoms with Gasteiger partial charge >= 0.3 is 0 Å². The van der Waals surface area contributed by atoms with E-state index in [0.29, 0.717) is 19.0 Å². The van der Waals surface area contributed by atoms with Gasteiger partial charge in [0.15, 0.2) is 5.71 Å². The molecule has 5 heteroatoms. The molecule has 2 aromatic carbocycles. The van der Waals surface area contributed by atoms with Gasteiger partial charge in [-0.05, 0) is 44.4 Å². The topological polar surface area (TPSA) is 47.4 Å². The Morgan fingerprint density at radius 3 is 2.33 bits per heavy atom. The fourth-order valence-electron chi connectivity index (χ4n) is 6.42. The molecule has 0 bridgehead atoms. The van der Waals surface area contributed by atoms with Gasteiger partial charge in [0.2, 0.25) is 11.6 Å². The van der Waals surface area contributed by atoms with E-state index in [9.17, 15) is 4.79 Å². The number of amides is 1. The zero-order valence-corrected chi connectivity index (χ0v) is 26.8. The first-order valence-electron chi connectivity index (χ1n) is 15.7. The summed E-state index contributed by atoms with van der Waals surface area (Å²) < 4.78 is 2.31. The number of hydrogen-bond donors (Lipinski definition) is 2. The summed E-state index contributed by atoms with van der Waals surface area (Å²) in [5.41, 5.74) is 7.87. The lowest BCUT2D eigenvalue weighted by molar-refractivity contribution is -0.401. The fraction of sp³-hybridized carbons (Fsp3) is 0.459. The van der Waals surface area contributed by atoms with Crippen LogP contribution in [0.2, 0.25) is 0 Å². The van der Waals surface area contributed by atoms with Gasteiger partial charge in [0, 0.05) is 66.6 Å². The molecule has 0 atom stereocenters. The highest BCUT2D eigenvalue weighted by Gasteiger charge is 2.42. The second-order valence-corrected chi connectivity index (χ2v) is 12.9. The van der Waals surface area contributed by atoms with Gasteiger partial charge in [-0.25, -0.2) is 0 Å². The number of rotatable bonds is 13. The van der Waals surface area contributed by atoms with E-state index in [1.54, 1.807) is 0 Å². The molecule has 42 heavy (non-hydrogen) atoms. The average molecular weight is 568 g/mol. The van der Waals surface area contributed by atoms with Crippen LogP contribution in [-0.4, -0.2) is 48.9 Å². The van der Waals surface area contributed by atoms with Crippen molar-refractivity contribution in [1.29, 1.82) is 0 Å². The first kappa shape index (κ1) is 31.5. The zero-order valence-electron chi connectivity index (χ0n) is 26.8. The monoisotopic (exact) mass is 567 g/mol. The Balaban J connectivity index is 1.38. The predicted octanol–water partition coefficient (Wildman–Crippen LogP) is 7.16. The fourth-order valence-corrected chi connectivity index (χ4v) is 6.42. The van der Waals surface area contributed by atoms with Gasteiger partial charge in [-0.3, -0.25) is 4.79 Å². The number of carbonyl (C=O) groups is 1. The summed E-state index contributed by atoms with van der Waals surface area (Å²) in [7, 11) is 2.16. The number of hydrogen-bond acceptors (Lipinski definition) is 3. The lowest BCUT2D eigenvalue weighted by Gasteiger charge is -2.27. The summed E-state index contributed by atoms with van der Waals surface area (Å²) in [5, 5.41) is 6.36. The number of nitrogens with one attached hydrogen (secondary N) is 2. The molecule has 2 aromatic rings. The molecule has 2 aliphatic rings. The summed E-state index contributed by atoms with van der Waals surface area (Å²) in [6.07, 6.45) is 14.6. The van der Waals surface area contributed by atoms with Crippen molar-refractivity contribution in [3.63, 3.8) is 0 Å². The van der Waals surface area contributed by atoms with Crippen molar-refractivity contribution >= 4 is 23.0 Å². The first-order chi connectivity index (χ1) is 20.0. The number of allylic oxidation sites excluding steroid dienone is 6. The third kappa shape index (κ3) is 6.95. The Hall–Kier alpha value is -3.44. The molecule has 0 aliphatic carbocycles. The molecular formula is C37H51N4O+. The molecular weight excluding hydrogens is 516 g/mol. The van der Waals surface area contributed by atoms with Crippen LogP contribution < -0.4 is 15.5 Å². The number of benzene rings is 2. The predicted molar refractivity (Wildman–Crippen MR) is 178 cm³/mol. The largest absolute Gasteiger partial charge is 0.355 e. The van der Waals surface area contributed by atoms with Gasteiger partial charge in [-0.2, -0.15) is 4.58 Å². The highest BCUT2D eigenvalue weighted by Crippen LogP contribution is 2.47. The van der Waals surface area contributed by atoms with Crippen LogP contribution in [0.5, 0.6) is 0 Å². The molecule has 0 saturated heterocycles. The lowest BCUT2D eigenvalue weighted by atomic mass is 9.81. The highest BCUT2D eigenvalue weighted by molar-refractivity contribution is 6.03. The SMILES string of the molecule is CC(C)NCCNC(=O)CCCCCN1/C(=C/C=C/C=C/C2=[N+](C)c3ccccc3C2(C)C)C(C)(C)c2ccccc21. The van der Waals surface area contributed by atoms with Crippen LogP contribution in [0.15, 0.2) is 84.6 Å². The zero-order chi connectivity index (χ0) is 30.3. The van der Waals surface area contributed by atoms with Gasteiger partial charge in [0.1, 0.15) is 7.05 Å². The molecule has 0 radical (unpaired) electrons. The van der Waals surface area contributed by atoms with Crippen LogP contribution in [-0.2, 0) is 15.6 Å². The summed E-state index contributed by atoms with van der Waals surface area (Å²) in [5.74, 6) is 0.154. The van der Waals surface area contributed by atoms with E-state index in [0.717, 1.165) is 32.4 Å². The van der Waals surface area contributed by atoms with Crippen molar-refractivity contribution in [3.05, 3.63) is 95.7 Å². The average Bonchev–Trinajstić information content (AvgIpc) is 3.29. The number of anilines is 1. The molecule has 5 nitrogen and oxygen atoms in total. The third-order valence-corrected chi connectivity index (χ3v) is 8.76. The number of fused-ring (bicyclic) bond motifs is 2. The van der Waals surface area contributed by atoms with Crippen molar-refractivity contribution in [3.8, 4) is 0 Å². The standard InChI is InChI=1S/C37H50N4O/c1-28(2)38-25-26-39-35(42)24-12-9-17-27-41-32-21-16-14-19-30(32)37(5,6)34(41)23-11-8-10-22-33-36(3,4)29-18-13-15-20-31(29)40(33)7/h8,10-11,13-16,18-23,28,38H,9,12,17,24-27H2,1-7H3/p+1. The van der Waals surface area contributed by atoms with Crippen LogP contribution in [0.25, 0.3) is 0 Å². The Morgan fingerprint density at radius 1 is 0.881 bits per heavy atom. The van der Waals surface area contributed by atoms with Crippen LogP contribution in [0.1, 0.15) is 78.4 Å². The molecule has 2 heterocycles. The van der Waals surface area contributed by atoms with E-state index >= 15 is 0 Å². The lowest BCUT2D eigenvalue weighted by Crippen LogP contribution is -2.34. The molecule has 0 fully saturated rings. The highest BCUT2D eigenvalue weighted by atomic mass is 16.1. The van der Waals surface area contributed by atoms with E-state index in [2.05, 4.69) is 148 Å². The molecule has 0 aromatic heterocycles. The Morgan fingerprint density at radius 2 is 1.60 bits per heavy atom. The van der Waals surface area contributed by atoms with Gasteiger partial charge in [0.05, 0.1) is 5.41 Å². The molecule has 0 saturated carbocycles. The van der Waals surface area contributed by atoms with Crippen molar-refractivity contribution < 1.29 is 9.37 Å². The second kappa shape index (κ2) is 13.7. The van der Waals surface area contributed by atoms with E-state index in [4.69, 9.17) is 0 Å². The number of unbranched alkanes of at least 4 members (excludes halogenated alkanes) is 2. The van der Waals surface area contributed by atoms with Gasteiger partial charge in [-0.15, -0.1) is 0 Å². The van der Waals surface area contributed by atoms with Crippen LogP contribution in [0.4, 0.5) is 11.4 Å². The summed E-state index contributed by atoms with van der Waals surface area (Å²) >= 11 is 0. The normalized spacial score (nSPS) is 18.1. The van der Waals surface area contributed by atoms with Crippen molar-refractivity contribution in [2.24, 2.45) is 0 Å². The molecule has 224 valence electrons. The van der Waals surface area contributed by atoms with E-state index < -0.39 is 0 Å². The minimum atomic E-state index is -0.0708. The maximum atomic E-state index is 12.2. The smallest absolute Gasteiger partial charge is 0.220 e. The number of nitrogens with zero attached hydrogens (tertiary/aromatic N) is 2. The number of para-hydroxylation sites is 2. The van der Waals surface area contributed by atoms with E-state index in [-0.39, 0.29) is 16.7 Å². The maximum absolute atomic E-state index is 12.2. The van der Waals surface area contributed by atoms with Gasteiger partial charge in [0.25, 0.3) is 0 Å². The van der Waals surface area contributed by atoms with Gasteiger partial charge < -0.3 is 15.5 Å². The maximum Gasteiger partial charge on any atom is 0.220 e. The minimum absolute atomic E-state index is 0.0221. The Labute approximate surface area is 254 Å². The Bertz CT molecular complexity index is 1380. The molecule has 4 rings (SSSR count). The summed E-state index contributed by atoms with van der Waals surface area (Å²) in [6, 6.07) is 17.9. The molecule has 0 spiro atoms. The van der Waals surface area contributed by atoms with E-state index in [1.165, 1.54) is 33.9 Å². The number of carbonyl (C=O) groups excluding carboxylic acids is 1. The Kier molecular flexibility index (Phi) is 10.3. The first-order valence-corrected chi connectivity index (χ1v) is 15.7. The summed E-state index contributed by atoms with van der Waals surface area (Å²) in [4.78, 5) is 14.7. The molecule has 2 N–H and O–H groups in total. The summed E-state index contributed by atoms with van der Waals surface area (Å²) in [6.45, 7) is 15.9. The molecule has 2 aliphatic heterocycles.